The van der Waals surface area contributed by atoms with E-state index in [1.807, 2.05) is 75.4 Å². The molecule has 1 fully saturated rings. The average molecular weight is 441 g/mol. The van der Waals surface area contributed by atoms with Gasteiger partial charge in [-0.25, -0.2) is 14.8 Å². The second-order valence-corrected chi connectivity index (χ2v) is 9.61. The number of carbonyl (C=O) groups excluding carboxylic acids is 1. The van der Waals surface area contributed by atoms with Gasteiger partial charge in [-0.05, 0) is 51.3 Å². The number of thiophene rings is 1. The third-order valence-corrected chi connectivity index (χ3v) is 5.86. The summed E-state index contributed by atoms with van der Waals surface area (Å²) in [6.07, 6.45) is 0.384. The summed E-state index contributed by atoms with van der Waals surface area (Å²) in [5.74, 6) is 2.35. The van der Waals surface area contributed by atoms with E-state index in [1.54, 1.807) is 16.2 Å². The van der Waals surface area contributed by atoms with E-state index in [2.05, 4.69) is 9.97 Å². The van der Waals surface area contributed by atoms with Crippen LogP contribution in [0.4, 0.5) is 16.3 Å². The van der Waals surface area contributed by atoms with Gasteiger partial charge in [-0.3, -0.25) is 0 Å². The molecule has 0 aliphatic carbocycles. The van der Waals surface area contributed by atoms with Gasteiger partial charge >= 0.3 is 6.09 Å². The Morgan fingerprint density at radius 2 is 2.00 bits per heavy atom. The van der Waals surface area contributed by atoms with Gasteiger partial charge in [0.15, 0.2) is 0 Å². The van der Waals surface area contributed by atoms with Crippen molar-refractivity contribution in [1.82, 2.24) is 14.9 Å². The summed E-state index contributed by atoms with van der Waals surface area (Å²) in [4.78, 5) is 26.3. The highest BCUT2D eigenvalue weighted by molar-refractivity contribution is 7.16. The van der Waals surface area contributed by atoms with Crippen LogP contribution < -0.4 is 9.64 Å². The Morgan fingerprint density at radius 1 is 1.23 bits per heavy atom. The Balaban J connectivity index is 1.53. The van der Waals surface area contributed by atoms with Crippen molar-refractivity contribution in [2.75, 3.05) is 25.0 Å². The van der Waals surface area contributed by atoms with E-state index in [9.17, 15) is 4.79 Å². The fraction of sp³-hybridized carbons (Fsp3) is 0.435. The maximum atomic E-state index is 12.4. The molecule has 2 aromatic heterocycles. The first-order valence-electron chi connectivity index (χ1n) is 10.4. The highest BCUT2D eigenvalue weighted by Crippen LogP contribution is 2.37. The fourth-order valence-electron chi connectivity index (χ4n) is 3.64. The molecule has 0 bridgehead atoms. The highest BCUT2D eigenvalue weighted by Gasteiger charge is 2.31. The fourth-order valence-corrected chi connectivity index (χ4v) is 4.45. The largest absolute Gasteiger partial charge is 0.486 e. The molecule has 31 heavy (non-hydrogen) atoms. The van der Waals surface area contributed by atoms with Crippen molar-refractivity contribution in [2.45, 2.75) is 45.8 Å². The number of hydrogen-bond acceptors (Lipinski definition) is 7. The van der Waals surface area contributed by atoms with Crippen molar-refractivity contribution >= 4 is 39.2 Å². The number of ether oxygens (including phenoxy) is 2. The molecular formula is C23H28N4O3S. The number of hydrogen-bond donors (Lipinski definition) is 0. The summed E-state index contributed by atoms with van der Waals surface area (Å²) in [5.41, 5.74) is 0.414. The Hall–Kier alpha value is -2.87. The number of fused-ring (bicyclic) bond motifs is 1. The third kappa shape index (κ3) is 4.74. The minimum atomic E-state index is -0.506. The third-order valence-electron chi connectivity index (χ3n) is 5.05. The van der Waals surface area contributed by atoms with Crippen LogP contribution in [0, 0.1) is 6.92 Å². The van der Waals surface area contributed by atoms with Gasteiger partial charge < -0.3 is 19.3 Å². The van der Waals surface area contributed by atoms with Gasteiger partial charge in [0.05, 0.1) is 17.6 Å². The SMILES string of the molecule is Cc1nc(N(C)c2ccccc2OC2CCN(C(=O)OC(C)(C)C)C2)c2ccsc2n1. The molecule has 8 heteroatoms. The van der Waals surface area contributed by atoms with E-state index in [4.69, 9.17) is 9.47 Å². The van der Waals surface area contributed by atoms with Crippen molar-refractivity contribution in [2.24, 2.45) is 0 Å². The molecule has 1 aromatic carbocycles. The molecule has 4 rings (SSSR count). The number of nitrogens with zero attached hydrogens (tertiary/aromatic N) is 4. The number of anilines is 2. The predicted molar refractivity (Wildman–Crippen MR) is 123 cm³/mol. The van der Waals surface area contributed by atoms with E-state index < -0.39 is 5.60 Å². The van der Waals surface area contributed by atoms with Gasteiger partial charge in [-0.15, -0.1) is 11.3 Å². The maximum Gasteiger partial charge on any atom is 0.410 e. The number of benzene rings is 1. The van der Waals surface area contributed by atoms with Crippen LogP contribution in [0.15, 0.2) is 35.7 Å². The molecule has 0 spiro atoms. The minimum Gasteiger partial charge on any atom is -0.486 e. The summed E-state index contributed by atoms with van der Waals surface area (Å²) in [6, 6.07) is 9.97. The number of para-hydroxylation sites is 2. The molecular weight excluding hydrogens is 412 g/mol. The first-order chi connectivity index (χ1) is 14.7. The lowest BCUT2D eigenvalue weighted by molar-refractivity contribution is 0.0276. The topological polar surface area (TPSA) is 67.8 Å². The number of aromatic nitrogens is 2. The van der Waals surface area contributed by atoms with Crippen LogP contribution in [0.2, 0.25) is 0 Å². The Kier molecular flexibility index (Phi) is 5.75. The van der Waals surface area contributed by atoms with Crippen LogP contribution in [0.25, 0.3) is 10.2 Å². The van der Waals surface area contributed by atoms with Gasteiger partial charge in [-0.1, -0.05) is 12.1 Å². The Morgan fingerprint density at radius 3 is 2.77 bits per heavy atom. The summed E-state index contributed by atoms with van der Waals surface area (Å²) < 4.78 is 11.8. The zero-order valence-corrected chi connectivity index (χ0v) is 19.4. The molecule has 0 saturated carbocycles. The smallest absolute Gasteiger partial charge is 0.410 e. The van der Waals surface area contributed by atoms with Crippen molar-refractivity contribution < 1.29 is 14.3 Å². The normalized spacial score (nSPS) is 16.5. The van der Waals surface area contributed by atoms with Crippen LogP contribution in [0.5, 0.6) is 5.75 Å². The Bertz CT molecular complexity index is 1090. The zero-order chi connectivity index (χ0) is 22.2. The standard InChI is InChI=1S/C23H28N4O3S/c1-15-24-20(17-11-13-31-21(17)25-15)26(5)18-8-6-7-9-19(18)29-16-10-12-27(14-16)22(28)30-23(2,3)4/h6-9,11,13,16H,10,12,14H2,1-5H3. The number of amides is 1. The molecule has 0 N–H and O–H groups in total. The zero-order valence-electron chi connectivity index (χ0n) is 18.6. The molecule has 164 valence electrons. The lowest BCUT2D eigenvalue weighted by Gasteiger charge is -2.25. The van der Waals surface area contributed by atoms with Crippen LogP contribution in [-0.2, 0) is 4.74 Å². The molecule has 1 atom stereocenters. The first kappa shape index (κ1) is 21.4. The Labute approximate surface area is 186 Å². The number of carbonyl (C=O) groups is 1. The van der Waals surface area contributed by atoms with E-state index in [0.717, 1.165) is 39.7 Å². The van der Waals surface area contributed by atoms with Crippen molar-refractivity contribution in [3.63, 3.8) is 0 Å². The highest BCUT2D eigenvalue weighted by atomic mass is 32.1. The van der Waals surface area contributed by atoms with E-state index in [-0.39, 0.29) is 12.2 Å². The van der Waals surface area contributed by atoms with Crippen LogP contribution in [-0.4, -0.2) is 52.8 Å². The van der Waals surface area contributed by atoms with E-state index in [0.29, 0.717) is 13.1 Å². The molecule has 1 aliphatic heterocycles. The number of rotatable bonds is 4. The van der Waals surface area contributed by atoms with Gasteiger partial charge in [0.25, 0.3) is 0 Å². The second-order valence-electron chi connectivity index (χ2n) is 8.72. The average Bonchev–Trinajstić information content (AvgIpc) is 3.35. The molecule has 7 nitrogen and oxygen atoms in total. The molecule has 0 radical (unpaired) electrons. The number of likely N-dealkylation sites (tertiary alicyclic amines) is 1. The molecule has 1 aliphatic rings. The summed E-state index contributed by atoms with van der Waals surface area (Å²) in [5, 5.41) is 3.05. The number of aryl methyl sites for hydroxylation is 1. The van der Waals surface area contributed by atoms with Crippen LogP contribution >= 0.6 is 11.3 Å². The van der Waals surface area contributed by atoms with E-state index >= 15 is 0 Å². The molecule has 1 amide bonds. The maximum absolute atomic E-state index is 12.4. The monoisotopic (exact) mass is 440 g/mol. The first-order valence-corrected chi connectivity index (χ1v) is 11.3. The van der Waals surface area contributed by atoms with Gasteiger partial charge in [-0.2, -0.15) is 0 Å². The molecule has 1 unspecified atom stereocenters. The van der Waals surface area contributed by atoms with Crippen molar-refractivity contribution in [1.29, 1.82) is 0 Å². The van der Waals surface area contributed by atoms with Crippen LogP contribution in [0.1, 0.15) is 33.0 Å². The summed E-state index contributed by atoms with van der Waals surface area (Å²) >= 11 is 1.61. The van der Waals surface area contributed by atoms with E-state index in [1.165, 1.54) is 0 Å². The van der Waals surface area contributed by atoms with Crippen molar-refractivity contribution in [3.05, 3.63) is 41.5 Å². The second kappa shape index (κ2) is 8.34. The van der Waals surface area contributed by atoms with Gasteiger partial charge in [0.2, 0.25) is 0 Å². The predicted octanol–water partition coefficient (Wildman–Crippen LogP) is 5.16. The molecule has 1 saturated heterocycles. The van der Waals surface area contributed by atoms with Crippen LogP contribution in [0.3, 0.4) is 0 Å². The summed E-state index contributed by atoms with van der Waals surface area (Å²) in [6.45, 7) is 8.66. The van der Waals surface area contributed by atoms with Crippen molar-refractivity contribution in [3.8, 4) is 5.75 Å². The molecule has 3 aromatic rings. The summed E-state index contributed by atoms with van der Waals surface area (Å²) in [7, 11) is 1.99. The lowest BCUT2D eigenvalue weighted by atomic mass is 10.2. The quantitative estimate of drug-likeness (QED) is 0.558. The lowest BCUT2D eigenvalue weighted by Crippen LogP contribution is -2.36. The molecule has 3 heterocycles. The van der Waals surface area contributed by atoms with Gasteiger partial charge in [0.1, 0.15) is 33.9 Å². The van der Waals surface area contributed by atoms with Gasteiger partial charge in [0, 0.05) is 20.0 Å². The minimum absolute atomic E-state index is 0.0876.